The van der Waals surface area contributed by atoms with Gasteiger partial charge in [0.1, 0.15) is 0 Å². The van der Waals surface area contributed by atoms with Gasteiger partial charge < -0.3 is 10.6 Å². The molecule has 3 heteroatoms. The average molecular weight is 279 g/mol. The molecule has 1 aromatic carbocycles. The monoisotopic (exact) mass is 279 g/mol. The number of benzene rings is 1. The second-order valence-corrected chi connectivity index (χ2v) is 4.24. The first-order valence-electron chi connectivity index (χ1n) is 7.71. The SMILES string of the molecule is CC.CCC.CCCN=CCN(C)c1ccccc1N. The molecular formula is C17H33N3. The lowest BCUT2D eigenvalue weighted by atomic mass is 10.2. The van der Waals surface area contributed by atoms with E-state index in [1.54, 1.807) is 0 Å². The Morgan fingerprint density at radius 2 is 1.70 bits per heavy atom. The van der Waals surface area contributed by atoms with Crippen molar-refractivity contribution in [2.45, 2.75) is 47.5 Å². The first kappa shape index (κ1) is 20.8. The molecule has 2 N–H and O–H groups in total. The molecule has 0 heterocycles. The number of anilines is 2. The van der Waals surface area contributed by atoms with Gasteiger partial charge in [0.15, 0.2) is 0 Å². The zero-order chi connectivity index (χ0) is 15.8. The van der Waals surface area contributed by atoms with Crippen molar-refractivity contribution in [2.24, 2.45) is 4.99 Å². The van der Waals surface area contributed by atoms with Crippen LogP contribution in [0.15, 0.2) is 29.3 Å². The smallest absolute Gasteiger partial charge is 0.0600 e. The molecule has 20 heavy (non-hydrogen) atoms. The Bertz CT molecular complexity index is 335. The summed E-state index contributed by atoms with van der Waals surface area (Å²) in [5.74, 6) is 0. The number of para-hydroxylation sites is 2. The fraction of sp³-hybridized carbons (Fsp3) is 0.588. The van der Waals surface area contributed by atoms with Crippen LogP contribution in [0.25, 0.3) is 0 Å². The van der Waals surface area contributed by atoms with E-state index < -0.39 is 0 Å². The highest BCUT2D eigenvalue weighted by molar-refractivity contribution is 5.72. The maximum Gasteiger partial charge on any atom is 0.0600 e. The van der Waals surface area contributed by atoms with Crippen LogP contribution in [0.5, 0.6) is 0 Å². The van der Waals surface area contributed by atoms with Gasteiger partial charge in [0.25, 0.3) is 0 Å². The van der Waals surface area contributed by atoms with Gasteiger partial charge in [0, 0.05) is 19.8 Å². The minimum Gasteiger partial charge on any atom is -0.397 e. The number of hydrogen-bond donors (Lipinski definition) is 1. The molecule has 0 amide bonds. The number of nitrogens with zero attached hydrogens (tertiary/aromatic N) is 2. The molecule has 1 aromatic rings. The van der Waals surface area contributed by atoms with Crippen LogP contribution in [0.4, 0.5) is 11.4 Å². The van der Waals surface area contributed by atoms with Gasteiger partial charge >= 0.3 is 0 Å². The van der Waals surface area contributed by atoms with Crippen LogP contribution in [0, 0.1) is 0 Å². The molecule has 0 saturated heterocycles. The van der Waals surface area contributed by atoms with Gasteiger partial charge in [-0.1, -0.05) is 53.2 Å². The third-order valence-corrected chi connectivity index (χ3v) is 2.19. The van der Waals surface area contributed by atoms with Crippen LogP contribution < -0.4 is 10.6 Å². The van der Waals surface area contributed by atoms with Crippen LogP contribution in [0.3, 0.4) is 0 Å². The number of nitrogen functional groups attached to an aromatic ring is 1. The Morgan fingerprint density at radius 1 is 1.15 bits per heavy atom. The maximum atomic E-state index is 5.87. The summed E-state index contributed by atoms with van der Waals surface area (Å²) in [5.41, 5.74) is 7.73. The van der Waals surface area contributed by atoms with E-state index in [2.05, 4.69) is 30.7 Å². The van der Waals surface area contributed by atoms with E-state index >= 15 is 0 Å². The molecule has 0 fully saturated rings. The summed E-state index contributed by atoms with van der Waals surface area (Å²) in [6, 6.07) is 7.86. The molecular weight excluding hydrogens is 246 g/mol. The molecule has 0 spiro atoms. The van der Waals surface area contributed by atoms with E-state index in [4.69, 9.17) is 5.73 Å². The number of aliphatic imine (C=N–C) groups is 1. The quantitative estimate of drug-likeness (QED) is 0.630. The van der Waals surface area contributed by atoms with E-state index in [-0.39, 0.29) is 0 Å². The summed E-state index contributed by atoms with van der Waals surface area (Å²) in [7, 11) is 2.02. The number of rotatable bonds is 5. The molecule has 0 saturated carbocycles. The molecule has 0 radical (unpaired) electrons. The van der Waals surface area contributed by atoms with Crippen LogP contribution in [0.2, 0.25) is 0 Å². The lowest BCUT2D eigenvalue weighted by Crippen LogP contribution is -2.20. The Morgan fingerprint density at radius 3 is 2.20 bits per heavy atom. The Hall–Kier alpha value is -1.51. The van der Waals surface area contributed by atoms with Crippen molar-refractivity contribution >= 4 is 17.6 Å². The van der Waals surface area contributed by atoms with Gasteiger partial charge in [-0.25, -0.2) is 0 Å². The topological polar surface area (TPSA) is 41.6 Å². The summed E-state index contributed by atoms with van der Waals surface area (Å²) in [6.45, 7) is 12.1. The zero-order valence-corrected chi connectivity index (χ0v) is 14.2. The van der Waals surface area contributed by atoms with Crippen LogP contribution in [0.1, 0.15) is 47.5 Å². The fourth-order valence-corrected chi connectivity index (χ4v) is 1.33. The molecule has 0 aliphatic rings. The van der Waals surface area contributed by atoms with E-state index in [1.807, 2.05) is 51.4 Å². The molecule has 0 aromatic heterocycles. The minimum absolute atomic E-state index is 0.800. The number of nitrogens with two attached hydrogens (primary N) is 1. The van der Waals surface area contributed by atoms with E-state index in [0.717, 1.165) is 30.9 Å². The lowest BCUT2D eigenvalue weighted by molar-refractivity contribution is 0.930. The first-order chi connectivity index (χ1) is 9.67. The Labute approximate surface area is 125 Å². The molecule has 1 rings (SSSR count). The average Bonchev–Trinajstić information content (AvgIpc) is 2.47. The normalized spacial score (nSPS) is 9.30. The molecule has 116 valence electrons. The standard InChI is InChI=1S/C12H19N3.C3H8.C2H6/c1-3-8-14-9-10-15(2)12-7-5-4-6-11(12)13;1-3-2;1-2/h4-7,9H,3,8,10,13H2,1-2H3;3H2,1-2H3;1-2H3. The van der Waals surface area contributed by atoms with E-state index in [9.17, 15) is 0 Å². The highest BCUT2D eigenvalue weighted by Crippen LogP contribution is 2.20. The van der Waals surface area contributed by atoms with Crippen molar-refractivity contribution in [1.29, 1.82) is 0 Å². The summed E-state index contributed by atoms with van der Waals surface area (Å²) >= 11 is 0. The van der Waals surface area contributed by atoms with Crippen molar-refractivity contribution in [2.75, 3.05) is 30.8 Å². The largest absolute Gasteiger partial charge is 0.397 e. The third kappa shape index (κ3) is 10.4. The molecule has 0 aliphatic heterocycles. The van der Waals surface area contributed by atoms with Gasteiger partial charge in [0.2, 0.25) is 0 Å². The van der Waals surface area contributed by atoms with Crippen molar-refractivity contribution in [3.63, 3.8) is 0 Å². The summed E-state index contributed by atoms with van der Waals surface area (Å²) in [5, 5.41) is 0. The second-order valence-electron chi connectivity index (χ2n) is 4.24. The van der Waals surface area contributed by atoms with Gasteiger partial charge in [-0.15, -0.1) is 0 Å². The predicted octanol–water partition coefficient (Wildman–Crippen LogP) is 4.63. The first-order valence-corrected chi connectivity index (χ1v) is 7.71. The molecule has 3 nitrogen and oxygen atoms in total. The highest BCUT2D eigenvalue weighted by atomic mass is 15.1. The van der Waals surface area contributed by atoms with Gasteiger partial charge in [0.05, 0.1) is 17.9 Å². The molecule has 0 atom stereocenters. The van der Waals surface area contributed by atoms with E-state index in [1.165, 1.54) is 6.42 Å². The van der Waals surface area contributed by atoms with Gasteiger partial charge in [-0.05, 0) is 18.6 Å². The summed E-state index contributed by atoms with van der Waals surface area (Å²) < 4.78 is 0. The number of hydrogen-bond acceptors (Lipinski definition) is 3. The van der Waals surface area contributed by atoms with Crippen LogP contribution in [-0.4, -0.2) is 26.4 Å². The van der Waals surface area contributed by atoms with Crippen molar-refractivity contribution < 1.29 is 0 Å². The minimum atomic E-state index is 0.800. The third-order valence-electron chi connectivity index (χ3n) is 2.19. The summed E-state index contributed by atoms with van der Waals surface area (Å²) in [4.78, 5) is 6.37. The van der Waals surface area contributed by atoms with Crippen molar-refractivity contribution in [3.05, 3.63) is 24.3 Å². The Kier molecular flexibility index (Phi) is 16.2. The van der Waals surface area contributed by atoms with E-state index in [0.29, 0.717) is 0 Å². The van der Waals surface area contributed by atoms with Gasteiger partial charge in [-0.3, -0.25) is 4.99 Å². The molecule has 0 unspecified atom stereocenters. The molecule has 0 bridgehead atoms. The molecule has 0 aliphatic carbocycles. The summed E-state index contributed by atoms with van der Waals surface area (Å²) in [6.07, 6.45) is 4.28. The lowest BCUT2D eigenvalue weighted by Gasteiger charge is -2.18. The predicted molar refractivity (Wildman–Crippen MR) is 95.1 cm³/mol. The highest BCUT2D eigenvalue weighted by Gasteiger charge is 2.01. The van der Waals surface area contributed by atoms with Crippen LogP contribution >= 0.6 is 0 Å². The Balaban J connectivity index is 0. The van der Waals surface area contributed by atoms with Gasteiger partial charge in [-0.2, -0.15) is 0 Å². The maximum absolute atomic E-state index is 5.87. The second kappa shape index (κ2) is 15.5. The van der Waals surface area contributed by atoms with Crippen LogP contribution in [-0.2, 0) is 0 Å². The van der Waals surface area contributed by atoms with Crippen molar-refractivity contribution in [1.82, 2.24) is 0 Å². The van der Waals surface area contributed by atoms with Crippen molar-refractivity contribution in [3.8, 4) is 0 Å². The fourth-order valence-electron chi connectivity index (χ4n) is 1.33. The zero-order valence-electron chi connectivity index (χ0n) is 14.2.